The molecule has 0 aliphatic carbocycles. The summed E-state index contributed by atoms with van der Waals surface area (Å²) in [6.07, 6.45) is 7.61. The van der Waals surface area contributed by atoms with E-state index in [4.69, 9.17) is 4.52 Å². The first-order valence-electron chi connectivity index (χ1n) is 8.26. The van der Waals surface area contributed by atoms with Crippen LogP contribution in [0.15, 0.2) is 41.6 Å². The number of fused-ring (bicyclic) bond motifs is 1. The lowest BCUT2D eigenvalue weighted by Gasteiger charge is -2.15. The van der Waals surface area contributed by atoms with Crippen molar-refractivity contribution >= 4 is 22.8 Å². The Kier molecular flexibility index (Phi) is 3.44. The number of hydrogen-bond donors (Lipinski definition) is 2. The van der Waals surface area contributed by atoms with Crippen molar-refractivity contribution in [3.8, 4) is 11.5 Å². The summed E-state index contributed by atoms with van der Waals surface area (Å²) >= 11 is 0. The summed E-state index contributed by atoms with van der Waals surface area (Å²) in [6.45, 7) is 1.60. The van der Waals surface area contributed by atoms with Gasteiger partial charge in [-0.05, 0) is 23.7 Å². The van der Waals surface area contributed by atoms with Gasteiger partial charge in [-0.2, -0.15) is 10.1 Å². The van der Waals surface area contributed by atoms with Gasteiger partial charge in [-0.1, -0.05) is 0 Å². The average molecular weight is 349 g/mol. The number of nitrogens with one attached hydrogen (secondary N) is 2. The number of hydrogen-bond acceptors (Lipinski definition) is 9. The molecule has 0 unspecified atom stereocenters. The molecule has 1 aliphatic heterocycles. The number of aromatic amines is 1. The van der Waals surface area contributed by atoms with E-state index in [-0.39, 0.29) is 6.04 Å². The maximum atomic E-state index is 5.37. The number of H-pyrrole nitrogens is 1. The molecule has 4 aromatic heterocycles. The second-order valence-electron chi connectivity index (χ2n) is 6.07. The molecule has 10 nitrogen and oxygen atoms in total. The number of rotatable bonds is 4. The van der Waals surface area contributed by atoms with E-state index in [1.54, 1.807) is 18.6 Å². The Morgan fingerprint density at radius 3 is 3.19 bits per heavy atom. The van der Waals surface area contributed by atoms with Gasteiger partial charge in [0.15, 0.2) is 5.65 Å². The van der Waals surface area contributed by atoms with Gasteiger partial charge in [0.2, 0.25) is 0 Å². The van der Waals surface area contributed by atoms with E-state index in [0.29, 0.717) is 11.8 Å². The Morgan fingerprint density at radius 2 is 2.27 bits per heavy atom. The summed E-state index contributed by atoms with van der Waals surface area (Å²) in [5.74, 6) is 1.84. The fraction of sp³-hybridized carbons (Fsp3) is 0.250. The Morgan fingerprint density at radius 1 is 1.27 bits per heavy atom. The topological polar surface area (TPSA) is 122 Å². The molecule has 10 heteroatoms. The molecular weight excluding hydrogens is 334 g/mol. The molecule has 0 aromatic carbocycles. The first kappa shape index (κ1) is 14.8. The maximum Gasteiger partial charge on any atom is 0.266 e. The van der Waals surface area contributed by atoms with E-state index in [9.17, 15) is 0 Å². The average Bonchev–Trinajstić information content (AvgIpc) is 3.43. The lowest BCUT2D eigenvalue weighted by atomic mass is 10.2. The summed E-state index contributed by atoms with van der Waals surface area (Å²) in [7, 11) is 0. The highest BCUT2D eigenvalue weighted by atomic mass is 16.5. The van der Waals surface area contributed by atoms with E-state index in [0.717, 1.165) is 41.9 Å². The smallest absolute Gasteiger partial charge is 0.266 e. The first-order valence-corrected chi connectivity index (χ1v) is 8.26. The number of anilines is 2. The van der Waals surface area contributed by atoms with Crippen LogP contribution in [0.4, 0.5) is 11.8 Å². The second-order valence-corrected chi connectivity index (χ2v) is 6.07. The van der Waals surface area contributed by atoms with Crippen molar-refractivity contribution < 1.29 is 4.52 Å². The highest BCUT2D eigenvalue weighted by Gasteiger charge is 2.27. The zero-order valence-corrected chi connectivity index (χ0v) is 13.7. The zero-order valence-electron chi connectivity index (χ0n) is 13.7. The van der Waals surface area contributed by atoms with Crippen LogP contribution < -0.4 is 10.2 Å². The maximum absolute atomic E-state index is 5.37. The van der Waals surface area contributed by atoms with Crippen molar-refractivity contribution in [2.45, 2.75) is 12.5 Å². The van der Waals surface area contributed by atoms with Gasteiger partial charge in [0, 0.05) is 31.5 Å². The monoisotopic (exact) mass is 349 g/mol. The molecule has 0 spiro atoms. The van der Waals surface area contributed by atoms with Gasteiger partial charge in [0.05, 0.1) is 17.1 Å². The highest BCUT2D eigenvalue weighted by Crippen LogP contribution is 2.24. The van der Waals surface area contributed by atoms with Crippen molar-refractivity contribution in [3.05, 3.63) is 37.1 Å². The molecule has 1 saturated heterocycles. The lowest BCUT2D eigenvalue weighted by molar-refractivity contribution is 0.430. The summed E-state index contributed by atoms with van der Waals surface area (Å²) in [5, 5.41) is 15.3. The Labute approximate surface area is 147 Å². The molecule has 4 aromatic rings. The summed E-state index contributed by atoms with van der Waals surface area (Å²) in [5.41, 5.74) is 1.53. The molecule has 0 amide bonds. The molecule has 130 valence electrons. The van der Waals surface area contributed by atoms with Crippen molar-refractivity contribution in [1.82, 2.24) is 35.3 Å². The van der Waals surface area contributed by atoms with Gasteiger partial charge in [-0.15, -0.1) is 0 Å². The van der Waals surface area contributed by atoms with Crippen LogP contribution in [-0.4, -0.2) is 54.4 Å². The highest BCUT2D eigenvalue weighted by molar-refractivity contribution is 5.85. The summed E-state index contributed by atoms with van der Waals surface area (Å²) in [4.78, 5) is 19.1. The number of pyridine rings is 1. The third-order valence-electron chi connectivity index (χ3n) is 4.38. The minimum absolute atomic E-state index is 0.225. The van der Waals surface area contributed by atoms with Gasteiger partial charge >= 0.3 is 0 Å². The zero-order chi connectivity index (χ0) is 17.3. The van der Waals surface area contributed by atoms with Gasteiger partial charge < -0.3 is 14.7 Å². The minimum atomic E-state index is 0.225. The van der Waals surface area contributed by atoms with Crippen LogP contribution in [0.2, 0.25) is 0 Å². The predicted octanol–water partition coefficient (Wildman–Crippen LogP) is 1.49. The van der Waals surface area contributed by atoms with Gasteiger partial charge in [-0.25, -0.2) is 9.97 Å². The quantitative estimate of drug-likeness (QED) is 0.564. The van der Waals surface area contributed by atoms with Crippen molar-refractivity contribution in [2.75, 3.05) is 23.3 Å². The Bertz CT molecular complexity index is 1030. The lowest BCUT2D eigenvalue weighted by Crippen LogP contribution is -2.27. The summed E-state index contributed by atoms with van der Waals surface area (Å²) in [6, 6.07) is 3.96. The van der Waals surface area contributed by atoms with Crippen molar-refractivity contribution in [2.24, 2.45) is 0 Å². The largest absolute Gasteiger partial charge is 0.365 e. The molecule has 5 heterocycles. The fourth-order valence-corrected chi connectivity index (χ4v) is 3.08. The molecule has 1 aliphatic rings. The second kappa shape index (κ2) is 6.06. The van der Waals surface area contributed by atoms with E-state index in [2.05, 4.69) is 45.5 Å². The van der Waals surface area contributed by atoms with Crippen molar-refractivity contribution in [1.29, 1.82) is 0 Å². The number of aromatic nitrogens is 7. The van der Waals surface area contributed by atoms with E-state index in [1.807, 2.05) is 12.1 Å². The van der Waals surface area contributed by atoms with Gasteiger partial charge in [0.25, 0.3) is 11.8 Å². The van der Waals surface area contributed by atoms with Gasteiger partial charge in [-0.3, -0.25) is 10.1 Å². The molecule has 2 N–H and O–H groups in total. The number of nitrogens with zero attached hydrogens (tertiary/aromatic N) is 7. The molecule has 0 saturated carbocycles. The molecule has 0 radical (unpaired) electrons. The standard InChI is InChI=1S/C16H15N9O/c1-2-10(6-17-4-1)15-22-16(24-26-15)25-5-3-11(8-25)21-13-12-7-20-23-14(12)19-9-18-13/h1-2,4,6-7,9,11H,3,5,8H2,(H2,18,19,20,21,23)/t11-/m0/s1. The van der Waals surface area contributed by atoms with E-state index >= 15 is 0 Å². The third kappa shape index (κ3) is 2.61. The normalized spacial score (nSPS) is 17.1. The SMILES string of the molecule is c1cncc(-c2nc(N3CC[C@H](Nc4ncnc5[nH]ncc45)C3)no2)c1. The van der Waals surface area contributed by atoms with Crippen LogP contribution >= 0.6 is 0 Å². The molecular formula is C16H15N9O. The molecule has 0 bridgehead atoms. The third-order valence-corrected chi connectivity index (χ3v) is 4.38. The molecule has 26 heavy (non-hydrogen) atoms. The Hall–Kier alpha value is -3.56. The predicted molar refractivity (Wildman–Crippen MR) is 93.5 cm³/mol. The van der Waals surface area contributed by atoms with Crippen LogP contribution in [-0.2, 0) is 0 Å². The fourth-order valence-electron chi connectivity index (χ4n) is 3.08. The van der Waals surface area contributed by atoms with E-state index in [1.165, 1.54) is 6.33 Å². The van der Waals surface area contributed by atoms with Crippen LogP contribution in [0.3, 0.4) is 0 Å². The summed E-state index contributed by atoms with van der Waals surface area (Å²) < 4.78 is 5.37. The van der Waals surface area contributed by atoms with E-state index < -0.39 is 0 Å². The van der Waals surface area contributed by atoms with Crippen molar-refractivity contribution in [3.63, 3.8) is 0 Å². The van der Waals surface area contributed by atoms with Crippen LogP contribution in [0.5, 0.6) is 0 Å². The minimum Gasteiger partial charge on any atom is -0.365 e. The molecule has 1 fully saturated rings. The van der Waals surface area contributed by atoms with Crippen LogP contribution in [0.25, 0.3) is 22.5 Å². The van der Waals surface area contributed by atoms with Gasteiger partial charge in [0.1, 0.15) is 12.1 Å². The molecule has 1 atom stereocenters. The van der Waals surface area contributed by atoms with Crippen LogP contribution in [0.1, 0.15) is 6.42 Å². The Balaban J connectivity index is 1.30. The first-order chi connectivity index (χ1) is 12.9. The van der Waals surface area contributed by atoms with Crippen LogP contribution in [0, 0.1) is 0 Å². The molecule has 5 rings (SSSR count).